The topological polar surface area (TPSA) is 54.8 Å². The Kier molecular flexibility index (Phi) is 5.51. The molecule has 0 aliphatic carbocycles. The number of aromatic nitrogens is 1. The molecule has 174 valence electrons. The monoisotopic (exact) mass is 469 g/mol. The van der Waals surface area contributed by atoms with Crippen LogP contribution in [0.25, 0.3) is 33.3 Å². The van der Waals surface area contributed by atoms with Gasteiger partial charge in [-0.05, 0) is 23.3 Å². The second-order valence-electron chi connectivity index (χ2n) is 8.67. The molecular weight excluding hydrogens is 446 g/mol. The predicted octanol–water partition coefficient (Wildman–Crippen LogP) is 6.81. The van der Waals surface area contributed by atoms with Gasteiger partial charge in [0.1, 0.15) is 0 Å². The van der Waals surface area contributed by atoms with E-state index in [-0.39, 0.29) is 5.91 Å². The van der Waals surface area contributed by atoms with Crippen LogP contribution in [0.2, 0.25) is 0 Å². The van der Waals surface area contributed by atoms with Crippen LogP contribution >= 0.6 is 0 Å². The Bertz CT molecular complexity index is 1580. The third-order valence-electron chi connectivity index (χ3n) is 6.29. The molecule has 6 rings (SSSR count). The molecule has 1 aromatic heterocycles. The Morgan fingerprint density at radius 1 is 0.750 bits per heavy atom. The third kappa shape index (κ3) is 4.01. The Morgan fingerprint density at radius 2 is 1.36 bits per heavy atom. The first-order valence-corrected chi connectivity index (χ1v) is 11.8. The minimum absolute atomic E-state index is 0.191. The minimum Gasteiger partial charge on any atom is -0.446 e. The molecule has 5 aromatic rings. The van der Waals surface area contributed by atoms with E-state index in [1.54, 1.807) is 0 Å². The summed E-state index contributed by atoms with van der Waals surface area (Å²) < 4.78 is 6.38. The van der Waals surface area contributed by atoms with Crippen LogP contribution in [0.5, 0.6) is 0 Å². The number of fused-ring (bicyclic) bond motifs is 1. The highest BCUT2D eigenvalue weighted by molar-refractivity contribution is 6.08. The first-order chi connectivity index (χ1) is 17.7. The highest BCUT2D eigenvalue weighted by Gasteiger charge is 2.34. The maximum atomic E-state index is 12.6. The Morgan fingerprint density at radius 3 is 2.06 bits per heavy atom. The average molecular weight is 470 g/mol. The molecule has 1 aliphatic rings. The van der Waals surface area contributed by atoms with Gasteiger partial charge in [0.2, 0.25) is 18.0 Å². The second kappa shape index (κ2) is 9.12. The van der Waals surface area contributed by atoms with Gasteiger partial charge in [-0.1, -0.05) is 103 Å². The van der Waals surface area contributed by atoms with Gasteiger partial charge < -0.3 is 4.74 Å². The van der Waals surface area contributed by atoms with Gasteiger partial charge in [-0.2, -0.15) is 5.01 Å². The highest BCUT2D eigenvalue weighted by atomic mass is 16.5. The summed E-state index contributed by atoms with van der Waals surface area (Å²) >= 11 is 0. The maximum absolute atomic E-state index is 12.6. The van der Waals surface area contributed by atoms with Crippen molar-refractivity contribution in [3.05, 3.63) is 126 Å². The van der Waals surface area contributed by atoms with Gasteiger partial charge in [-0.3, -0.25) is 4.79 Å². The molecule has 0 bridgehead atoms. The Hall–Kier alpha value is -4.77. The molecule has 0 fully saturated rings. The molecule has 5 nitrogen and oxygen atoms in total. The number of carbonyl (C=O) groups excluding carboxylic acids is 1. The largest absolute Gasteiger partial charge is 0.446 e. The Labute approximate surface area is 209 Å². The number of pyridine rings is 1. The second-order valence-corrected chi connectivity index (χ2v) is 8.67. The lowest BCUT2D eigenvalue weighted by Gasteiger charge is -2.19. The summed E-state index contributed by atoms with van der Waals surface area (Å²) in [7, 11) is 0. The van der Waals surface area contributed by atoms with Gasteiger partial charge in [0.05, 0.1) is 11.2 Å². The zero-order chi connectivity index (χ0) is 24.5. The molecule has 0 saturated carbocycles. The van der Waals surface area contributed by atoms with E-state index >= 15 is 0 Å². The smallest absolute Gasteiger partial charge is 0.243 e. The number of hydrogen-bond acceptors (Lipinski definition) is 4. The molecule has 0 saturated heterocycles. The van der Waals surface area contributed by atoms with Crippen molar-refractivity contribution in [2.75, 3.05) is 0 Å². The van der Waals surface area contributed by atoms with Crippen LogP contribution < -0.4 is 0 Å². The van der Waals surface area contributed by atoms with Gasteiger partial charge in [0.25, 0.3) is 0 Å². The lowest BCUT2D eigenvalue weighted by molar-refractivity contribution is -0.135. The van der Waals surface area contributed by atoms with E-state index in [9.17, 15) is 4.79 Å². The molecule has 1 atom stereocenters. The van der Waals surface area contributed by atoms with Crippen molar-refractivity contribution in [1.29, 1.82) is 0 Å². The van der Waals surface area contributed by atoms with Crippen LogP contribution in [0.3, 0.4) is 0 Å². The van der Waals surface area contributed by atoms with E-state index in [0.717, 1.165) is 44.4 Å². The molecule has 5 heteroatoms. The van der Waals surface area contributed by atoms with Crippen LogP contribution in [0.15, 0.2) is 120 Å². The molecule has 1 aliphatic heterocycles. The maximum Gasteiger partial charge on any atom is 0.243 e. The van der Waals surface area contributed by atoms with Gasteiger partial charge in [0, 0.05) is 29.0 Å². The zero-order valence-electron chi connectivity index (χ0n) is 19.7. The standard InChI is InChI=1S/C31H23N3O2/c1-21(35)34-31(25-18-16-23(17-19-25)22-10-4-2-5-11-22)36-30(33-34)27-20-29(24-12-6-3-7-13-24)32-28-15-9-8-14-26(27)28/h2-20,31H,1H3/t31-/m1/s1. The third-order valence-corrected chi connectivity index (χ3v) is 6.29. The molecular formula is C31H23N3O2. The Balaban J connectivity index is 1.40. The molecule has 0 radical (unpaired) electrons. The summed E-state index contributed by atoms with van der Waals surface area (Å²) in [6.07, 6.45) is -0.644. The summed E-state index contributed by atoms with van der Waals surface area (Å²) in [4.78, 5) is 17.4. The van der Waals surface area contributed by atoms with Crippen molar-refractivity contribution >= 4 is 22.7 Å². The number of nitrogens with zero attached hydrogens (tertiary/aromatic N) is 3. The number of ether oxygens (including phenoxy) is 1. The van der Waals surface area contributed by atoms with E-state index in [4.69, 9.17) is 9.72 Å². The van der Waals surface area contributed by atoms with Crippen molar-refractivity contribution in [1.82, 2.24) is 9.99 Å². The van der Waals surface area contributed by atoms with Crippen molar-refractivity contribution in [3.8, 4) is 22.4 Å². The van der Waals surface area contributed by atoms with Crippen LogP contribution in [-0.2, 0) is 9.53 Å². The molecule has 0 unspecified atom stereocenters. The molecule has 4 aromatic carbocycles. The highest BCUT2D eigenvalue weighted by Crippen LogP contribution is 2.34. The van der Waals surface area contributed by atoms with E-state index < -0.39 is 6.23 Å². The van der Waals surface area contributed by atoms with Gasteiger partial charge in [0.15, 0.2) is 0 Å². The summed E-state index contributed by atoms with van der Waals surface area (Å²) in [5.74, 6) is 0.210. The van der Waals surface area contributed by atoms with E-state index in [0.29, 0.717) is 5.90 Å². The fourth-order valence-electron chi connectivity index (χ4n) is 4.47. The number of benzene rings is 4. The normalized spacial score (nSPS) is 15.0. The van der Waals surface area contributed by atoms with Crippen molar-refractivity contribution in [3.63, 3.8) is 0 Å². The quantitative estimate of drug-likeness (QED) is 0.291. The first-order valence-electron chi connectivity index (χ1n) is 11.8. The van der Waals surface area contributed by atoms with Crippen LogP contribution in [0.1, 0.15) is 24.3 Å². The van der Waals surface area contributed by atoms with Crippen molar-refractivity contribution < 1.29 is 9.53 Å². The summed E-state index contributed by atoms with van der Waals surface area (Å²) in [5.41, 5.74) is 6.54. The minimum atomic E-state index is -0.644. The first kappa shape index (κ1) is 21.7. The fraction of sp³-hybridized carbons (Fsp3) is 0.0645. The molecule has 0 N–H and O–H groups in total. The molecule has 36 heavy (non-hydrogen) atoms. The summed E-state index contributed by atoms with van der Waals surface area (Å²) in [5, 5.41) is 6.95. The lowest BCUT2D eigenvalue weighted by Crippen LogP contribution is -2.25. The average Bonchev–Trinajstić information content (AvgIpc) is 3.39. The summed E-state index contributed by atoms with van der Waals surface area (Å²) in [6, 6.07) is 38.1. The van der Waals surface area contributed by atoms with Crippen LogP contribution in [0.4, 0.5) is 0 Å². The number of carbonyl (C=O) groups is 1. The lowest BCUT2D eigenvalue weighted by atomic mass is 10.0. The van der Waals surface area contributed by atoms with Crippen LogP contribution in [0, 0.1) is 0 Å². The fourth-order valence-corrected chi connectivity index (χ4v) is 4.47. The molecule has 2 heterocycles. The van der Waals surface area contributed by atoms with Crippen LogP contribution in [-0.4, -0.2) is 21.8 Å². The number of rotatable bonds is 4. The number of para-hydroxylation sites is 1. The van der Waals surface area contributed by atoms with Crippen molar-refractivity contribution in [2.45, 2.75) is 13.2 Å². The number of hydrazone groups is 1. The summed E-state index contributed by atoms with van der Waals surface area (Å²) in [6.45, 7) is 1.50. The van der Waals surface area contributed by atoms with E-state index in [2.05, 4.69) is 17.2 Å². The van der Waals surface area contributed by atoms with E-state index in [1.165, 1.54) is 11.9 Å². The molecule has 1 amide bonds. The zero-order valence-corrected chi connectivity index (χ0v) is 19.7. The predicted molar refractivity (Wildman–Crippen MR) is 142 cm³/mol. The van der Waals surface area contributed by atoms with Gasteiger partial charge in [-0.15, -0.1) is 5.10 Å². The van der Waals surface area contributed by atoms with Crippen molar-refractivity contribution in [2.24, 2.45) is 5.10 Å². The number of amides is 1. The molecule has 0 spiro atoms. The number of hydrogen-bond donors (Lipinski definition) is 0. The van der Waals surface area contributed by atoms with Gasteiger partial charge >= 0.3 is 0 Å². The van der Waals surface area contributed by atoms with Gasteiger partial charge in [-0.25, -0.2) is 4.98 Å². The SMILES string of the molecule is CC(=O)N1N=C(c2cc(-c3ccccc3)nc3ccccc23)O[C@@H]1c1ccc(-c2ccccc2)cc1. The van der Waals surface area contributed by atoms with E-state index in [1.807, 2.05) is 103 Å².